The Morgan fingerprint density at radius 3 is 2.29 bits per heavy atom. The Morgan fingerprint density at radius 1 is 0.971 bits per heavy atom. The van der Waals surface area contributed by atoms with Crippen LogP contribution in [0.4, 0.5) is 4.79 Å². The van der Waals surface area contributed by atoms with Gasteiger partial charge in [0.25, 0.3) is 0 Å². The first-order valence-corrected chi connectivity index (χ1v) is 12.2. The number of aliphatic hydroxyl groups is 1. The molecule has 4 N–H and O–H groups in total. The number of carbonyl (C=O) groups excluding carboxylic acids is 2. The lowest BCUT2D eigenvalue weighted by molar-refractivity contribution is -0.147. The van der Waals surface area contributed by atoms with Crippen LogP contribution in [0, 0.1) is 17.8 Å². The van der Waals surface area contributed by atoms with E-state index in [9.17, 15) is 19.5 Å². The summed E-state index contributed by atoms with van der Waals surface area (Å²) >= 11 is 0. The topological polar surface area (TPSA) is 125 Å². The van der Waals surface area contributed by atoms with Crippen molar-refractivity contribution in [2.75, 3.05) is 13.2 Å². The number of amides is 2. The number of hydrogen-bond donors (Lipinski definition) is 4. The largest absolute Gasteiger partial charge is 0.479 e. The number of fused-ring (bicyclic) bond motifs is 4. The van der Waals surface area contributed by atoms with Crippen molar-refractivity contribution in [1.82, 2.24) is 10.6 Å². The van der Waals surface area contributed by atoms with Crippen LogP contribution < -0.4 is 10.6 Å². The lowest BCUT2D eigenvalue weighted by Gasteiger charge is -2.40. The molecular formula is C27H30N2O6. The van der Waals surface area contributed by atoms with Gasteiger partial charge in [0.2, 0.25) is 5.91 Å². The molecule has 2 aromatic rings. The second-order valence-electron chi connectivity index (χ2n) is 9.84. The summed E-state index contributed by atoms with van der Waals surface area (Å²) in [4.78, 5) is 35.7. The van der Waals surface area contributed by atoms with Crippen molar-refractivity contribution >= 4 is 18.0 Å². The molecule has 3 aliphatic rings. The molecule has 0 radical (unpaired) electrons. The van der Waals surface area contributed by atoms with E-state index in [0.717, 1.165) is 12.8 Å². The summed E-state index contributed by atoms with van der Waals surface area (Å²) in [6, 6.07) is 16.4. The normalized spacial score (nSPS) is 24.9. The molecule has 2 saturated carbocycles. The van der Waals surface area contributed by atoms with Gasteiger partial charge in [-0.15, -0.1) is 0 Å². The van der Waals surface area contributed by atoms with Gasteiger partial charge in [0.15, 0.2) is 6.10 Å². The van der Waals surface area contributed by atoms with Gasteiger partial charge in [0, 0.05) is 30.8 Å². The van der Waals surface area contributed by atoms with E-state index >= 15 is 0 Å². The number of alkyl carbamates (subject to hydrolysis) is 1. The highest BCUT2D eigenvalue weighted by Gasteiger charge is 2.50. The van der Waals surface area contributed by atoms with Gasteiger partial charge in [-0.3, -0.25) is 4.79 Å². The minimum atomic E-state index is -1.47. The number of hydrogen-bond acceptors (Lipinski definition) is 5. The van der Waals surface area contributed by atoms with E-state index in [4.69, 9.17) is 9.84 Å². The van der Waals surface area contributed by atoms with Crippen molar-refractivity contribution in [3.8, 4) is 11.1 Å². The second kappa shape index (κ2) is 9.70. The predicted octanol–water partition coefficient (Wildman–Crippen LogP) is 2.89. The highest BCUT2D eigenvalue weighted by Crippen LogP contribution is 2.50. The Labute approximate surface area is 203 Å². The lowest BCUT2D eigenvalue weighted by atomic mass is 9.71. The van der Waals surface area contributed by atoms with Gasteiger partial charge >= 0.3 is 12.1 Å². The monoisotopic (exact) mass is 478 g/mol. The summed E-state index contributed by atoms with van der Waals surface area (Å²) in [7, 11) is 0. The number of ether oxygens (including phenoxy) is 1. The molecule has 5 rings (SSSR count). The van der Waals surface area contributed by atoms with E-state index in [1.165, 1.54) is 22.3 Å². The summed E-state index contributed by atoms with van der Waals surface area (Å²) in [5.41, 5.74) is 4.72. The first-order chi connectivity index (χ1) is 16.9. The summed E-state index contributed by atoms with van der Waals surface area (Å²) in [5, 5.41) is 23.8. The Balaban J connectivity index is 1.09. The summed E-state index contributed by atoms with van der Waals surface area (Å²) < 4.78 is 5.66. The third kappa shape index (κ3) is 4.62. The first kappa shape index (κ1) is 23.4. The molecule has 0 heterocycles. The summed E-state index contributed by atoms with van der Waals surface area (Å²) in [6.45, 7) is 0.396. The van der Waals surface area contributed by atoms with E-state index < -0.39 is 18.2 Å². The van der Waals surface area contributed by atoms with Crippen LogP contribution in [0.1, 0.15) is 42.7 Å². The highest BCUT2D eigenvalue weighted by atomic mass is 16.5. The van der Waals surface area contributed by atoms with Crippen molar-refractivity contribution in [1.29, 1.82) is 0 Å². The zero-order valence-corrected chi connectivity index (χ0v) is 19.4. The summed E-state index contributed by atoms with van der Waals surface area (Å²) in [6.07, 6.45) is 0.364. The van der Waals surface area contributed by atoms with Gasteiger partial charge in [-0.05, 0) is 53.4 Å². The SMILES string of the molecule is O=C(N[C@H]1C[C@H]2CC(C(=O)NCC[C@H](O)C(=O)O)C[C@H]21)OCC1c2ccccc2-c2ccccc21. The Morgan fingerprint density at radius 2 is 1.63 bits per heavy atom. The van der Waals surface area contributed by atoms with E-state index in [1.54, 1.807) is 0 Å². The predicted molar refractivity (Wildman–Crippen MR) is 128 cm³/mol. The number of benzene rings is 2. The van der Waals surface area contributed by atoms with Crippen molar-refractivity contribution < 1.29 is 29.3 Å². The van der Waals surface area contributed by atoms with Crippen LogP contribution >= 0.6 is 0 Å². The molecule has 3 aliphatic carbocycles. The second-order valence-corrected chi connectivity index (χ2v) is 9.84. The number of aliphatic hydroxyl groups excluding tert-OH is 1. The fourth-order valence-corrected chi connectivity index (χ4v) is 6.00. The fourth-order valence-electron chi connectivity index (χ4n) is 6.00. The smallest absolute Gasteiger partial charge is 0.407 e. The molecule has 184 valence electrons. The molecule has 5 atom stereocenters. The Kier molecular flexibility index (Phi) is 6.47. The molecule has 0 aliphatic heterocycles. The highest BCUT2D eigenvalue weighted by molar-refractivity contribution is 5.80. The van der Waals surface area contributed by atoms with Crippen molar-refractivity contribution in [2.24, 2.45) is 17.8 Å². The molecule has 2 amide bonds. The quantitative estimate of drug-likeness (QED) is 0.462. The van der Waals surface area contributed by atoms with Gasteiger partial charge in [0.05, 0.1) is 0 Å². The van der Waals surface area contributed by atoms with Gasteiger partial charge in [-0.25, -0.2) is 9.59 Å². The van der Waals surface area contributed by atoms with Crippen molar-refractivity contribution in [3.05, 3.63) is 59.7 Å². The third-order valence-corrected chi connectivity index (χ3v) is 7.84. The standard InChI is InChI=1S/C27H30N2O6/c30-24(26(32)33)9-10-28-25(31)16-11-15-13-23(21(15)12-16)29-27(34)35-14-22-19-7-3-1-5-17(19)18-6-2-4-8-20(18)22/h1-8,15-16,21-24,30H,9-14H2,(H,28,31)(H,29,34)(H,32,33)/t15-,16?,21-,23+,24+/m1/s1. The van der Waals surface area contributed by atoms with E-state index in [0.29, 0.717) is 12.3 Å². The van der Waals surface area contributed by atoms with Gasteiger partial charge in [-0.1, -0.05) is 48.5 Å². The molecule has 35 heavy (non-hydrogen) atoms. The van der Waals surface area contributed by atoms with E-state index in [-0.39, 0.29) is 49.3 Å². The molecule has 2 fully saturated rings. The Bertz CT molecular complexity index is 1090. The maximum absolute atomic E-state index is 12.6. The van der Waals surface area contributed by atoms with Crippen molar-refractivity contribution in [3.63, 3.8) is 0 Å². The van der Waals surface area contributed by atoms with Crippen LogP contribution in [-0.4, -0.2) is 53.5 Å². The molecule has 0 spiro atoms. The van der Waals surface area contributed by atoms with E-state index in [1.807, 2.05) is 24.3 Å². The third-order valence-electron chi connectivity index (χ3n) is 7.84. The minimum absolute atomic E-state index is 0.00211. The van der Waals surface area contributed by atoms with Crippen LogP contribution in [0.25, 0.3) is 11.1 Å². The van der Waals surface area contributed by atoms with Crippen LogP contribution in [0.3, 0.4) is 0 Å². The fraction of sp³-hybridized carbons (Fsp3) is 0.444. The number of rotatable bonds is 8. The number of carboxylic acid groups (broad SMARTS) is 1. The number of aliphatic carboxylic acids is 1. The van der Waals surface area contributed by atoms with Gasteiger partial charge in [0.1, 0.15) is 6.61 Å². The average molecular weight is 479 g/mol. The number of carbonyl (C=O) groups is 3. The number of nitrogens with one attached hydrogen (secondary N) is 2. The molecule has 0 bridgehead atoms. The molecule has 1 unspecified atom stereocenters. The van der Waals surface area contributed by atoms with Crippen LogP contribution in [0.2, 0.25) is 0 Å². The molecule has 8 heteroatoms. The molecule has 2 aromatic carbocycles. The maximum Gasteiger partial charge on any atom is 0.407 e. The molecule has 0 aromatic heterocycles. The van der Waals surface area contributed by atoms with Crippen LogP contribution in [-0.2, 0) is 14.3 Å². The van der Waals surface area contributed by atoms with Gasteiger partial charge in [-0.2, -0.15) is 0 Å². The lowest BCUT2D eigenvalue weighted by Crippen LogP contribution is -2.50. The van der Waals surface area contributed by atoms with Crippen molar-refractivity contribution in [2.45, 2.75) is 43.7 Å². The molecule has 0 saturated heterocycles. The van der Waals surface area contributed by atoms with Crippen LogP contribution in [0.15, 0.2) is 48.5 Å². The average Bonchev–Trinajstić information content (AvgIpc) is 3.36. The molecule has 8 nitrogen and oxygen atoms in total. The zero-order valence-electron chi connectivity index (χ0n) is 19.4. The minimum Gasteiger partial charge on any atom is -0.479 e. The zero-order chi connectivity index (χ0) is 24.5. The van der Waals surface area contributed by atoms with Crippen LogP contribution in [0.5, 0.6) is 0 Å². The van der Waals surface area contributed by atoms with Gasteiger partial charge < -0.3 is 25.6 Å². The summed E-state index contributed by atoms with van der Waals surface area (Å²) in [5.74, 6) is -0.898. The molecular weight excluding hydrogens is 448 g/mol. The number of carboxylic acids is 1. The Hall–Kier alpha value is -3.39. The maximum atomic E-state index is 12.6. The van der Waals surface area contributed by atoms with E-state index in [2.05, 4.69) is 34.9 Å². The first-order valence-electron chi connectivity index (χ1n) is 12.2.